The molecule has 0 heterocycles. The third-order valence-corrected chi connectivity index (χ3v) is 3.39. The molecule has 0 unspecified atom stereocenters. The maximum Gasteiger partial charge on any atom is 0.237 e. The number of amides is 1. The maximum atomic E-state index is 11.9. The number of nitrogens with one attached hydrogen (secondary N) is 1. The number of rotatable bonds is 4. The monoisotopic (exact) mass is 248 g/mol. The van der Waals surface area contributed by atoms with Crippen molar-refractivity contribution in [3.63, 3.8) is 0 Å². The Bertz CT molecular complexity index is 394. The molecule has 4 N–H and O–H groups in total. The summed E-state index contributed by atoms with van der Waals surface area (Å²) in [5.41, 5.74) is 6.95. The van der Waals surface area contributed by atoms with Crippen molar-refractivity contribution in [2.75, 3.05) is 0 Å². The second kappa shape index (κ2) is 5.98. The Morgan fingerprint density at radius 2 is 2.11 bits per heavy atom. The minimum atomic E-state index is -0.523. The fourth-order valence-corrected chi connectivity index (χ4v) is 2.36. The van der Waals surface area contributed by atoms with Gasteiger partial charge in [0, 0.05) is 6.04 Å². The van der Waals surface area contributed by atoms with E-state index in [9.17, 15) is 9.90 Å². The average Bonchev–Trinajstić information content (AvgIpc) is 2.76. The molecule has 1 aliphatic rings. The van der Waals surface area contributed by atoms with Crippen LogP contribution in [0.5, 0.6) is 0 Å². The molecule has 0 bridgehead atoms. The first kappa shape index (κ1) is 13.1. The van der Waals surface area contributed by atoms with Gasteiger partial charge in [0.1, 0.15) is 0 Å². The molecule has 1 amide bonds. The van der Waals surface area contributed by atoms with Crippen molar-refractivity contribution in [3.8, 4) is 0 Å². The van der Waals surface area contributed by atoms with Gasteiger partial charge in [-0.1, -0.05) is 30.3 Å². The van der Waals surface area contributed by atoms with Gasteiger partial charge in [-0.3, -0.25) is 4.79 Å². The molecule has 98 valence electrons. The van der Waals surface area contributed by atoms with Crippen LogP contribution in [0.2, 0.25) is 0 Å². The van der Waals surface area contributed by atoms with Crippen molar-refractivity contribution in [1.82, 2.24) is 5.32 Å². The molecule has 18 heavy (non-hydrogen) atoms. The molecule has 0 aliphatic heterocycles. The lowest BCUT2D eigenvalue weighted by molar-refractivity contribution is -0.123. The summed E-state index contributed by atoms with van der Waals surface area (Å²) in [6.45, 7) is 0. The van der Waals surface area contributed by atoms with Gasteiger partial charge in [0.2, 0.25) is 5.91 Å². The third-order valence-electron chi connectivity index (χ3n) is 3.39. The number of aliphatic hydroxyl groups is 1. The highest BCUT2D eigenvalue weighted by atomic mass is 16.3. The zero-order valence-corrected chi connectivity index (χ0v) is 10.4. The Labute approximate surface area is 107 Å². The fraction of sp³-hybridized carbons (Fsp3) is 0.500. The van der Waals surface area contributed by atoms with Gasteiger partial charge in [-0.2, -0.15) is 0 Å². The number of hydrogen-bond acceptors (Lipinski definition) is 3. The lowest BCUT2D eigenvalue weighted by Gasteiger charge is -2.16. The first-order chi connectivity index (χ1) is 8.65. The molecule has 1 fully saturated rings. The standard InChI is InChI=1S/C14H20N2O2/c15-13(8-10-4-2-1-3-5-10)14(18)16-11-6-7-12(17)9-11/h1-5,11-13,17H,6-9,15H2,(H,16,18)/t11-,12+,13-/m1/s1. The van der Waals surface area contributed by atoms with Gasteiger partial charge in [0.05, 0.1) is 12.1 Å². The van der Waals surface area contributed by atoms with Crippen molar-refractivity contribution in [3.05, 3.63) is 35.9 Å². The Morgan fingerprint density at radius 1 is 1.39 bits per heavy atom. The van der Waals surface area contributed by atoms with Crippen molar-refractivity contribution in [2.45, 2.75) is 43.9 Å². The maximum absolute atomic E-state index is 11.9. The summed E-state index contributed by atoms with van der Waals surface area (Å²) in [6.07, 6.45) is 2.51. The molecule has 0 aromatic heterocycles. The number of aliphatic hydroxyl groups excluding tert-OH is 1. The Kier molecular flexibility index (Phi) is 4.33. The van der Waals surface area contributed by atoms with E-state index in [1.54, 1.807) is 0 Å². The van der Waals surface area contributed by atoms with Crippen LogP contribution in [0.4, 0.5) is 0 Å². The van der Waals surface area contributed by atoms with E-state index in [4.69, 9.17) is 5.73 Å². The second-order valence-corrected chi connectivity index (χ2v) is 4.97. The Hall–Kier alpha value is -1.39. The minimum Gasteiger partial charge on any atom is -0.393 e. The fourth-order valence-electron chi connectivity index (χ4n) is 2.36. The van der Waals surface area contributed by atoms with Gasteiger partial charge in [-0.05, 0) is 31.2 Å². The summed E-state index contributed by atoms with van der Waals surface area (Å²) < 4.78 is 0. The predicted molar refractivity (Wildman–Crippen MR) is 69.9 cm³/mol. The zero-order valence-electron chi connectivity index (χ0n) is 10.4. The summed E-state index contributed by atoms with van der Waals surface area (Å²) in [7, 11) is 0. The third kappa shape index (κ3) is 3.55. The lowest BCUT2D eigenvalue weighted by atomic mass is 10.1. The van der Waals surface area contributed by atoms with Gasteiger partial charge < -0.3 is 16.2 Å². The van der Waals surface area contributed by atoms with Crippen LogP contribution >= 0.6 is 0 Å². The normalized spacial score (nSPS) is 24.8. The highest BCUT2D eigenvalue weighted by Gasteiger charge is 2.25. The van der Waals surface area contributed by atoms with Gasteiger partial charge >= 0.3 is 0 Å². The number of benzene rings is 1. The van der Waals surface area contributed by atoms with Gasteiger partial charge in [-0.15, -0.1) is 0 Å². The molecule has 1 aromatic rings. The predicted octanol–water partition coefficient (Wildman–Crippen LogP) is 0.586. The quantitative estimate of drug-likeness (QED) is 0.730. The smallest absolute Gasteiger partial charge is 0.237 e. The van der Waals surface area contributed by atoms with Crippen LogP contribution in [0.25, 0.3) is 0 Å². The van der Waals surface area contributed by atoms with E-state index in [0.717, 1.165) is 18.4 Å². The molecular weight excluding hydrogens is 228 g/mol. The van der Waals surface area contributed by atoms with E-state index >= 15 is 0 Å². The molecule has 1 aromatic carbocycles. The molecule has 0 spiro atoms. The van der Waals surface area contributed by atoms with E-state index in [2.05, 4.69) is 5.32 Å². The van der Waals surface area contributed by atoms with Crippen LogP contribution in [0.15, 0.2) is 30.3 Å². The van der Waals surface area contributed by atoms with Crippen LogP contribution in [-0.2, 0) is 11.2 Å². The molecule has 0 saturated heterocycles. The molecule has 4 nitrogen and oxygen atoms in total. The molecule has 4 heteroatoms. The summed E-state index contributed by atoms with van der Waals surface area (Å²) in [6, 6.07) is 9.30. The first-order valence-electron chi connectivity index (χ1n) is 6.43. The van der Waals surface area contributed by atoms with Crippen LogP contribution in [0.3, 0.4) is 0 Å². The van der Waals surface area contributed by atoms with E-state index in [1.165, 1.54) is 0 Å². The number of carbonyl (C=O) groups excluding carboxylic acids is 1. The molecule has 1 aliphatic carbocycles. The number of hydrogen-bond donors (Lipinski definition) is 3. The molecule has 2 rings (SSSR count). The second-order valence-electron chi connectivity index (χ2n) is 4.97. The minimum absolute atomic E-state index is 0.0781. The van der Waals surface area contributed by atoms with E-state index in [1.807, 2.05) is 30.3 Å². The zero-order chi connectivity index (χ0) is 13.0. The Morgan fingerprint density at radius 3 is 2.72 bits per heavy atom. The molecule has 0 radical (unpaired) electrons. The van der Waals surface area contributed by atoms with Gasteiger partial charge in [-0.25, -0.2) is 0 Å². The van der Waals surface area contributed by atoms with Crippen molar-refractivity contribution < 1.29 is 9.90 Å². The van der Waals surface area contributed by atoms with Crippen LogP contribution in [0.1, 0.15) is 24.8 Å². The Balaban J connectivity index is 1.82. The number of carbonyl (C=O) groups is 1. The van der Waals surface area contributed by atoms with E-state index in [-0.39, 0.29) is 18.1 Å². The molecule has 3 atom stereocenters. The summed E-state index contributed by atoms with van der Waals surface area (Å²) in [5.74, 6) is -0.127. The van der Waals surface area contributed by atoms with E-state index in [0.29, 0.717) is 12.8 Å². The van der Waals surface area contributed by atoms with Gasteiger partial charge in [0.25, 0.3) is 0 Å². The number of nitrogens with two attached hydrogens (primary N) is 1. The van der Waals surface area contributed by atoms with E-state index < -0.39 is 6.04 Å². The van der Waals surface area contributed by atoms with Crippen molar-refractivity contribution >= 4 is 5.91 Å². The van der Waals surface area contributed by atoms with Crippen molar-refractivity contribution in [2.24, 2.45) is 5.73 Å². The topological polar surface area (TPSA) is 75.4 Å². The summed E-state index contributed by atoms with van der Waals surface area (Å²) in [5, 5.41) is 12.3. The summed E-state index contributed by atoms with van der Waals surface area (Å²) >= 11 is 0. The van der Waals surface area contributed by atoms with Crippen LogP contribution < -0.4 is 11.1 Å². The lowest BCUT2D eigenvalue weighted by Crippen LogP contribution is -2.45. The first-order valence-corrected chi connectivity index (χ1v) is 6.43. The van der Waals surface area contributed by atoms with Crippen LogP contribution in [0, 0.1) is 0 Å². The highest BCUT2D eigenvalue weighted by molar-refractivity contribution is 5.82. The summed E-state index contributed by atoms with van der Waals surface area (Å²) in [4.78, 5) is 11.9. The molecule has 1 saturated carbocycles. The average molecular weight is 248 g/mol. The van der Waals surface area contributed by atoms with Crippen LogP contribution in [-0.4, -0.2) is 29.2 Å². The molecular formula is C14H20N2O2. The van der Waals surface area contributed by atoms with Gasteiger partial charge in [0.15, 0.2) is 0 Å². The highest BCUT2D eigenvalue weighted by Crippen LogP contribution is 2.18. The van der Waals surface area contributed by atoms with Crippen molar-refractivity contribution in [1.29, 1.82) is 0 Å². The largest absolute Gasteiger partial charge is 0.393 e. The SMILES string of the molecule is N[C@H](Cc1ccccc1)C(=O)N[C@@H]1CC[C@H](O)C1.